The first-order valence-corrected chi connectivity index (χ1v) is 13.9. The van der Waals surface area contributed by atoms with Crippen LogP contribution in [0.1, 0.15) is 68.7 Å². The van der Waals surface area contributed by atoms with Crippen LogP contribution in [0, 0.1) is 0 Å². The maximum atomic E-state index is 13.6. The molecule has 41 heavy (non-hydrogen) atoms. The molecule has 0 radical (unpaired) electrons. The van der Waals surface area contributed by atoms with E-state index >= 15 is 0 Å². The number of pyridine rings is 2. The molecule has 0 aliphatic carbocycles. The van der Waals surface area contributed by atoms with Gasteiger partial charge in [0.1, 0.15) is 12.4 Å². The van der Waals surface area contributed by atoms with E-state index in [9.17, 15) is 19.2 Å². The molecular weight excluding hydrogens is 524 g/mol. The summed E-state index contributed by atoms with van der Waals surface area (Å²) in [4.78, 5) is 53.3. The molecule has 0 unspecified atom stereocenters. The monoisotopic (exact) mass is 560 g/mol. The SMILES string of the molecule is C=C(C)C(=O)NCCCNC(=O)Oc1ccc2nc3c(c(CC)c2c1)Cn1c-3cc([C@@H](C)CC)c(COC=O)c1=O. The summed E-state index contributed by atoms with van der Waals surface area (Å²) in [6, 6.07) is 7.32. The fourth-order valence-corrected chi connectivity index (χ4v) is 5.11. The predicted octanol–water partition coefficient (Wildman–Crippen LogP) is 4.34. The smallest absolute Gasteiger partial charge is 0.412 e. The molecular formula is C31H36N4O6. The Kier molecular flexibility index (Phi) is 9.21. The number of benzene rings is 1. The number of carbonyl (C=O) groups is 3. The maximum absolute atomic E-state index is 13.6. The lowest BCUT2D eigenvalue weighted by Gasteiger charge is -2.17. The Balaban J connectivity index is 1.59. The summed E-state index contributed by atoms with van der Waals surface area (Å²) in [6.45, 7) is 12.8. The molecule has 3 aromatic rings. The van der Waals surface area contributed by atoms with Gasteiger partial charge < -0.3 is 24.7 Å². The maximum Gasteiger partial charge on any atom is 0.412 e. The number of hydrogen-bond acceptors (Lipinski definition) is 7. The van der Waals surface area contributed by atoms with Crippen LogP contribution in [0.15, 0.2) is 41.2 Å². The normalized spacial score (nSPS) is 12.3. The summed E-state index contributed by atoms with van der Waals surface area (Å²) in [5.74, 6) is 0.267. The van der Waals surface area contributed by atoms with Crippen LogP contribution in [0.25, 0.3) is 22.3 Å². The van der Waals surface area contributed by atoms with E-state index in [0.29, 0.717) is 55.8 Å². The summed E-state index contributed by atoms with van der Waals surface area (Å²) in [6.07, 6.45) is 1.47. The minimum atomic E-state index is -0.593. The average molecular weight is 561 g/mol. The van der Waals surface area contributed by atoms with E-state index < -0.39 is 6.09 Å². The van der Waals surface area contributed by atoms with Crippen LogP contribution >= 0.6 is 0 Å². The van der Waals surface area contributed by atoms with Crippen LogP contribution in [0.2, 0.25) is 0 Å². The first-order valence-electron chi connectivity index (χ1n) is 13.9. The molecule has 1 atom stereocenters. The zero-order valence-corrected chi connectivity index (χ0v) is 24.0. The number of ether oxygens (including phenoxy) is 2. The van der Waals surface area contributed by atoms with Crippen molar-refractivity contribution in [2.45, 2.75) is 66.0 Å². The van der Waals surface area contributed by atoms with E-state index in [1.807, 2.05) is 19.1 Å². The van der Waals surface area contributed by atoms with E-state index in [1.165, 1.54) is 0 Å². The van der Waals surface area contributed by atoms with Crippen LogP contribution in [-0.2, 0) is 33.9 Å². The van der Waals surface area contributed by atoms with Gasteiger partial charge in [0.2, 0.25) is 5.91 Å². The van der Waals surface area contributed by atoms with Gasteiger partial charge in [-0.25, -0.2) is 9.78 Å². The van der Waals surface area contributed by atoms with Crippen molar-refractivity contribution in [1.82, 2.24) is 20.2 Å². The third-order valence-corrected chi connectivity index (χ3v) is 7.47. The van der Waals surface area contributed by atoms with Gasteiger partial charge >= 0.3 is 6.09 Å². The van der Waals surface area contributed by atoms with Crippen molar-refractivity contribution in [3.8, 4) is 17.1 Å². The molecule has 1 aliphatic heterocycles. The summed E-state index contributed by atoms with van der Waals surface area (Å²) < 4.78 is 12.2. The van der Waals surface area contributed by atoms with E-state index in [-0.39, 0.29) is 24.0 Å². The van der Waals surface area contributed by atoms with Crippen LogP contribution in [0.3, 0.4) is 0 Å². The highest BCUT2D eigenvalue weighted by atomic mass is 16.6. The zero-order chi connectivity index (χ0) is 29.7. The molecule has 3 heterocycles. The summed E-state index contributed by atoms with van der Waals surface area (Å²) >= 11 is 0. The van der Waals surface area contributed by atoms with Crippen molar-refractivity contribution in [1.29, 1.82) is 0 Å². The highest BCUT2D eigenvalue weighted by Gasteiger charge is 2.29. The predicted molar refractivity (Wildman–Crippen MR) is 156 cm³/mol. The van der Waals surface area contributed by atoms with Crippen LogP contribution in [0.4, 0.5) is 4.79 Å². The quantitative estimate of drug-likeness (QED) is 0.150. The summed E-state index contributed by atoms with van der Waals surface area (Å²) in [7, 11) is 0. The lowest BCUT2D eigenvalue weighted by molar-refractivity contribution is -0.129. The fraction of sp³-hybridized carbons (Fsp3) is 0.387. The molecule has 0 fully saturated rings. The lowest BCUT2D eigenvalue weighted by atomic mass is 9.93. The minimum Gasteiger partial charge on any atom is -0.463 e. The third kappa shape index (κ3) is 6.16. The number of nitrogens with one attached hydrogen (secondary N) is 2. The molecule has 0 saturated heterocycles. The van der Waals surface area contributed by atoms with Gasteiger partial charge in [-0.05, 0) is 67.5 Å². The molecule has 2 aromatic heterocycles. The molecule has 10 nitrogen and oxygen atoms in total. The molecule has 4 rings (SSSR count). The molecule has 10 heteroatoms. The number of carbonyl (C=O) groups excluding carboxylic acids is 3. The van der Waals surface area contributed by atoms with Crippen molar-refractivity contribution in [2.24, 2.45) is 0 Å². The molecule has 0 saturated carbocycles. The summed E-state index contributed by atoms with van der Waals surface area (Å²) in [5, 5.41) is 6.26. The molecule has 2 N–H and O–H groups in total. The molecule has 2 amide bonds. The summed E-state index contributed by atoms with van der Waals surface area (Å²) in [5.41, 5.74) is 5.86. The van der Waals surface area contributed by atoms with E-state index in [2.05, 4.69) is 31.1 Å². The van der Waals surface area contributed by atoms with Crippen LogP contribution < -0.4 is 20.9 Å². The van der Waals surface area contributed by atoms with Gasteiger partial charge in [0.25, 0.3) is 12.0 Å². The number of amides is 2. The Hall–Kier alpha value is -4.47. The van der Waals surface area contributed by atoms with Gasteiger partial charge in [0, 0.05) is 29.6 Å². The van der Waals surface area contributed by atoms with Gasteiger partial charge in [-0.3, -0.25) is 14.4 Å². The standard InChI is InChI=1S/C31H36N4O6/c1-6-19(5)22-14-27-28-24(15-35(27)30(38)25(22)16-40-17-36)21(7-2)23-13-20(9-10-26(23)34-28)41-31(39)33-12-8-11-32-29(37)18(3)4/h9-10,13-14,17,19H,3,6-8,11-12,15-16H2,1-2,4-5H3,(H,32,37)(H,33,39)/t19-/m0/s1. The van der Waals surface area contributed by atoms with Crippen LogP contribution in [-0.4, -0.2) is 41.1 Å². The molecule has 0 spiro atoms. The number of fused-ring (bicyclic) bond motifs is 4. The first kappa shape index (κ1) is 29.5. The first-order chi connectivity index (χ1) is 19.7. The van der Waals surface area contributed by atoms with Crippen molar-refractivity contribution < 1.29 is 23.9 Å². The molecule has 0 bridgehead atoms. The Morgan fingerprint density at radius 3 is 2.61 bits per heavy atom. The average Bonchev–Trinajstić information content (AvgIpc) is 3.32. The van der Waals surface area contributed by atoms with E-state index in [4.69, 9.17) is 14.5 Å². The Bertz CT molecular complexity index is 1580. The number of aromatic nitrogens is 2. The number of aryl methyl sites for hydroxylation is 1. The Labute approximate surface area is 238 Å². The fourth-order valence-electron chi connectivity index (χ4n) is 5.11. The van der Waals surface area contributed by atoms with Crippen molar-refractivity contribution in [2.75, 3.05) is 13.1 Å². The largest absolute Gasteiger partial charge is 0.463 e. The van der Waals surface area contributed by atoms with Crippen LogP contribution in [0.5, 0.6) is 5.75 Å². The second-order valence-electron chi connectivity index (χ2n) is 10.2. The Morgan fingerprint density at radius 1 is 1.17 bits per heavy atom. The highest BCUT2D eigenvalue weighted by molar-refractivity contribution is 5.92. The van der Waals surface area contributed by atoms with Gasteiger partial charge in [-0.15, -0.1) is 0 Å². The third-order valence-electron chi connectivity index (χ3n) is 7.47. The topological polar surface area (TPSA) is 129 Å². The number of rotatable bonds is 12. The zero-order valence-electron chi connectivity index (χ0n) is 24.0. The van der Waals surface area contributed by atoms with Crippen molar-refractivity contribution in [3.05, 3.63) is 69.0 Å². The Morgan fingerprint density at radius 2 is 1.93 bits per heavy atom. The minimum absolute atomic E-state index is 0.0689. The second-order valence-corrected chi connectivity index (χ2v) is 10.2. The van der Waals surface area contributed by atoms with Gasteiger partial charge in [0.05, 0.1) is 29.0 Å². The van der Waals surface area contributed by atoms with Gasteiger partial charge in [-0.1, -0.05) is 27.4 Å². The van der Waals surface area contributed by atoms with Gasteiger partial charge in [-0.2, -0.15) is 0 Å². The number of nitrogens with zero attached hydrogens (tertiary/aromatic N) is 2. The second kappa shape index (κ2) is 12.8. The van der Waals surface area contributed by atoms with E-state index in [1.54, 1.807) is 23.6 Å². The van der Waals surface area contributed by atoms with Gasteiger partial charge in [0.15, 0.2) is 0 Å². The molecule has 216 valence electrons. The van der Waals surface area contributed by atoms with Crippen molar-refractivity contribution >= 4 is 29.4 Å². The lowest BCUT2D eigenvalue weighted by Crippen LogP contribution is -2.31. The highest BCUT2D eigenvalue weighted by Crippen LogP contribution is 2.38. The number of hydrogen-bond donors (Lipinski definition) is 2. The van der Waals surface area contributed by atoms with Crippen molar-refractivity contribution in [3.63, 3.8) is 0 Å². The molecule has 1 aliphatic rings. The van der Waals surface area contributed by atoms with E-state index in [0.717, 1.165) is 45.4 Å². The molecule has 1 aromatic carbocycles.